The van der Waals surface area contributed by atoms with Crippen molar-refractivity contribution in [2.75, 3.05) is 0 Å². The molecule has 4 unspecified atom stereocenters. The molecule has 0 saturated carbocycles. The Morgan fingerprint density at radius 3 is 1.93 bits per heavy atom. The number of rotatable bonds is 7. The summed E-state index contributed by atoms with van der Waals surface area (Å²) in [5.41, 5.74) is 0. The van der Waals surface area contributed by atoms with E-state index in [1.54, 1.807) is 13.8 Å². The van der Waals surface area contributed by atoms with Crippen molar-refractivity contribution in [3.63, 3.8) is 0 Å². The molecular formula is C10H22O4. The maximum Gasteiger partial charge on any atom is 0.0800 e. The van der Waals surface area contributed by atoms with Crippen LogP contribution in [0.25, 0.3) is 0 Å². The predicted molar refractivity (Wildman–Crippen MR) is 53.8 cm³/mol. The number of aliphatic hydroxyl groups is 4. The van der Waals surface area contributed by atoms with E-state index < -0.39 is 24.4 Å². The molecule has 0 aliphatic rings. The second-order valence-corrected chi connectivity index (χ2v) is 3.86. The van der Waals surface area contributed by atoms with Crippen LogP contribution in [0.2, 0.25) is 0 Å². The zero-order valence-electron chi connectivity index (χ0n) is 8.93. The number of hydrogen-bond acceptors (Lipinski definition) is 4. The first-order chi connectivity index (χ1) is 6.47. The zero-order valence-corrected chi connectivity index (χ0v) is 8.93. The summed E-state index contributed by atoms with van der Waals surface area (Å²) >= 11 is 0. The quantitative estimate of drug-likeness (QED) is 0.474. The molecule has 0 rings (SSSR count). The average molecular weight is 206 g/mol. The van der Waals surface area contributed by atoms with Crippen molar-refractivity contribution in [1.29, 1.82) is 0 Å². The molecule has 0 spiro atoms. The largest absolute Gasteiger partial charge is 0.393 e. The normalized spacial score (nSPS) is 20.1. The molecule has 0 aromatic heterocycles. The summed E-state index contributed by atoms with van der Waals surface area (Å²) in [6.45, 7) is 3.40. The van der Waals surface area contributed by atoms with E-state index in [1.165, 1.54) is 0 Å². The standard InChI is InChI=1S/C10H22O4/c1-3-9(13)10(14)5-4-8(12)6-7(2)11/h7-14H,3-6H2,1-2H3. The van der Waals surface area contributed by atoms with Gasteiger partial charge >= 0.3 is 0 Å². The van der Waals surface area contributed by atoms with Crippen LogP contribution in [0.1, 0.15) is 39.5 Å². The van der Waals surface area contributed by atoms with Crippen LogP contribution < -0.4 is 0 Å². The van der Waals surface area contributed by atoms with Gasteiger partial charge in [-0.1, -0.05) is 6.92 Å². The lowest BCUT2D eigenvalue weighted by molar-refractivity contribution is 0.000108. The van der Waals surface area contributed by atoms with Gasteiger partial charge in [0.05, 0.1) is 24.4 Å². The van der Waals surface area contributed by atoms with Gasteiger partial charge in [-0.25, -0.2) is 0 Å². The summed E-state index contributed by atoms with van der Waals surface area (Å²) in [4.78, 5) is 0. The fourth-order valence-corrected chi connectivity index (χ4v) is 1.34. The second-order valence-electron chi connectivity index (χ2n) is 3.86. The summed E-state index contributed by atoms with van der Waals surface area (Å²) in [6.07, 6.45) is -1.03. The summed E-state index contributed by atoms with van der Waals surface area (Å²) in [7, 11) is 0. The Morgan fingerprint density at radius 1 is 0.929 bits per heavy atom. The molecule has 4 nitrogen and oxygen atoms in total. The van der Waals surface area contributed by atoms with Crippen LogP contribution in [0.15, 0.2) is 0 Å². The maximum absolute atomic E-state index is 9.38. The minimum atomic E-state index is -0.774. The minimum Gasteiger partial charge on any atom is -0.393 e. The first-order valence-corrected chi connectivity index (χ1v) is 5.19. The lowest BCUT2D eigenvalue weighted by Gasteiger charge is -2.18. The molecule has 0 aliphatic heterocycles. The lowest BCUT2D eigenvalue weighted by atomic mass is 10.0. The van der Waals surface area contributed by atoms with Crippen LogP contribution in [-0.2, 0) is 0 Å². The van der Waals surface area contributed by atoms with Gasteiger partial charge < -0.3 is 20.4 Å². The van der Waals surface area contributed by atoms with E-state index in [0.717, 1.165) is 0 Å². The van der Waals surface area contributed by atoms with Gasteiger partial charge in [-0.15, -0.1) is 0 Å². The topological polar surface area (TPSA) is 80.9 Å². The zero-order chi connectivity index (χ0) is 11.1. The van der Waals surface area contributed by atoms with Gasteiger partial charge in [0.2, 0.25) is 0 Å². The van der Waals surface area contributed by atoms with Crippen LogP contribution in [0.5, 0.6) is 0 Å². The van der Waals surface area contributed by atoms with E-state index in [2.05, 4.69) is 0 Å². The highest BCUT2D eigenvalue weighted by atomic mass is 16.3. The molecule has 0 aromatic rings. The Bertz CT molecular complexity index is 138. The molecule has 0 heterocycles. The Hall–Kier alpha value is -0.160. The van der Waals surface area contributed by atoms with E-state index in [1.807, 2.05) is 0 Å². The molecule has 0 saturated heterocycles. The summed E-state index contributed by atoms with van der Waals surface area (Å²) in [5, 5.41) is 37.0. The van der Waals surface area contributed by atoms with E-state index in [-0.39, 0.29) is 0 Å². The molecule has 0 radical (unpaired) electrons. The van der Waals surface area contributed by atoms with Gasteiger partial charge in [0.25, 0.3) is 0 Å². The average Bonchev–Trinajstić information content (AvgIpc) is 2.11. The molecular weight excluding hydrogens is 184 g/mol. The molecule has 0 aliphatic carbocycles. The molecule has 4 N–H and O–H groups in total. The van der Waals surface area contributed by atoms with Crippen molar-refractivity contribution < 1.29 is 20.4 Å². The Morgan fingerprint density at radius 2 is 1.50 bits per heavy atom. The van der Waals surface area contributed by atoms with Crippen molar-refractivity contribution in [3.05, 3.63) is 0 Å². The highest BCUT2D eigenvalue weighted by Crippen LogP contribution is 2.10. The maximum atomic E-state index is 9.38. The van der Waals surface area contributed by atoms with Gasteiger partial charge in [-0.05, 0) is 32.6 Å². The van der Waals surface area contributed by atoms with E-state index >= 15 is 0 Å². The fourth-order valence-electron chi connectivity index (χ4n) is 1.34. The molecule has 4 atom stereocenters. The molecule has 0 aromatic carbocycles. The van der Waals surface area contributed by atoms with Gasteiger partial charge in [-0.2, -0.15) is 0 Å². The van der Waals surface area contributed by atoms with Gasteiger partial charge in [0, 0.05) is 0 Å². The molecule has 0 bridgehead atoms. The molecule has 14 heavy (non-hydrogen) atoms. The van der Waals surface area contributed by atoms with E-state index in [9.17, 15) is 15.3 Å². The second kappa shape index (κ2) is 7.17. The monoisotopic (exact) mass is 206 g/mol. The molecule has 4 heteroatoms. The van der Waals surface area contributed by atoms with Gasteiger partial charge in [-0.3, -0.25) is 0 Å². The van der Waals surface area contributed by atoms with Crippen LogP contribution in [0.3, 0.4) is 0 Å². The van der Waals surface area contributed by atoms with E-state index in [4.69, 9.17) is 5.11 Å². The van der Waals surface area contributed by atoms with Gasteiger partial charge in [0.15, 0.2) is 0 Å². The third-order valence-corrected chi connectivity index (χ3v) is 2.27. The fraction of sp³-hybridized carbons (Fsp3) is 1.00. The summed E-state index contributed by atoms with van der Waals surface area (Å²) in [6, 6.07) is 0. The molecule has 0 fully saturated rings. The van der Waals surface area contributed by atoms with Gasteiger partial charge in [0.1, 0.15) is 0 Å². The third kappa shape index (κ3) is 6.32. The third-order valence-electron chi connectivity index (χ3n) is 2.27. The lowest BCUT2D eigenvalue weighted by Crippen LogP contribution is -2.27. The van der Waals surface area contributed by atoms with Crippen molar-refractivity contribution in [2.45, 2.75) is 63.9 Å². The number of hydrogen-bond donors (Lipinski definition) is 4. The van der Waals surface area contributed by atoms with Crippen LogP contribution in [0, 0.1) is 0 Å². The summed E-state index contributed by atoms with van der Waals surface area (Å²) in [5.74, 6) is 0. The van der Waals surface area contributed by atoms with Crippen LogP contribution >= 0.6 is 0 Å². The van der Waals surface area contributed by atoms with Crippen LogP contribution in [-0.4, -0.2) is 44.8 Å². The molecule has 86 valence electrons. The Labute approximate surface area is 85.2 Å². The van der Waals surface area contributed by atoms with E-state index in [0.29, 0.717) is 25.7 Å². The van der Waals surface area contributed by atoms with Crippen molar-refractivity contribution in [2.24, 2.45) is 0 Å². The first-order valence-electron chi connectivity index (χ1n) is 5.19. The number of aliphatic hydroxyl groups excluding tert-OH is 4. The molecule has 0 amide bonds. The predicted octanol–water partition coefficient (Wildman–Crippen LogP) is 0.0302. The minimum absolute atomic E-state index is 0.314. The van der Waals surface area contributed by atoms with Crippen LogP contribution in [0.4, 0.5) is 0 Å². The van der Waals surface area contributed by atoms with Crippen molar-refractivity contribution in [1.82, 2.24) is 0 Å². The van der Waals surface area contributed by atoms with Crippen molar-refractivity contribution in [3.8, 4) is 0 Å². The summed E-state index contributed by atoms with van der Waals surface area (Å²) < 4.78 is 0. The Balaban J connectivity index is 3.60. The highest BCUT2D eigenvalue weighted by Gasteiger charge is 2.16. The highest BCUT2D eigenvalue weighted by molar-refractivity contribution is 4.68. The van der Waals surface area contributed by atoms with Crippen molar-refractivity contribution >= 4 is 0 Å². The smallest absolute Gasteiger partial charge is 0.0800 e. The first kappa shape index (κ1) is 13.8. The Kier molecular flexibility index (Phi) is 7.09. The SMILES string of the molecule is CCC(O)C(O)CCC(O)CC(C)O.